The fourth-order valence-electron chi connectivity index (χ4n) is 3.25. The molecular weight excluding hydrogens is 264 g/mol. The lowest BCUT2D eigenvalue weighted by atomic mass is 9.89. The fraction of sp³-hybridized carbons (Fsp3) is 0.600. The second kappa shape index (κ2) is 4.03. The monoisotopic (exact) mass is 280 g/mol. The maximum absolute atomic E-state index is 10.6. The van der Waals surface area contributed by atoms with E-state index in [-0.39, 0.29) is 0 Å². The van der Waals surface area contributed by atoms with Crippen molar-refractivity contribution in [2.75, 3.05) is 13.2 Å². The zero-order chi connectivity index (χ0) is 13.0. The Balaban J connectivity index is 2.01. The number of ether oxygens (including phenoxy) is 2. The third kappa shape index (κ3) is 1.68. The third-order valence-corrected chi connectivity index (χ3v) is 4.77. The van der Waals surface area contributed by atoms with Gasteiger partial charge in [0, 0.05) is 16.7 Å². The Bertz CT molecular complexity index is 512. The Labute approximate surface area is 117 Å². The molecule has 3 nitrogen and oxygen atoms in total. The molecule has 4 heteroatoms. The summed E-state index contributed by atoms with van der Waals surface area (Å²) in [5, 5.41) is 11.3. The number of benzene rings is 1. The van der Waals surface area contributed by atoms with E-state index in [1.807, 2.05) is 0 Å². The highest BCUT2D eigenvalue weighted by atomic mass is 35.5. The summed E-state index contributed by atoms with van der Waals surface area (Å²) in [6, 6.07) is 0. The van der Waals surface area contributed by atoms with Crippen molar-refractivity contribution in [3.63, 3.8) is 0 Å². The minimum atomic E-state index is -0.698. The van der Waals surface area contributed by atoms with Crippen molar-refractivity contribution in [3.8, 4) is 11.5 Å². The number of aliphatic hydroxyl groups is 1. The van der Waals surface area contributed by atoms with Gasteiger partial charge in [-0.25, -0.2) is 0 Å². The highest BCUT2D eigenvalue weighted by Crippen LogP contribution is 2.56. The molecule has 4 rings (SSSR count). The summed E-state index contributed by atoms with van der Waals surface area (Å²) in [4.78, 5) is 0. The fourth-order valence-corrected chi connectivity index (χ4v) is 3.60. The van der Waals surface area contributed by atoms with Gasteiger partial charge in [-0.3, -0.25) is 0 Å². The molecule has 1 N–H and O–H groups in total. The highest BCUT2D eigenvalue weighted by molar-refractivity contribution is 6.33. The standard InChI is InChI=1S/C15H17ClO3/c16-12-10-4-2-7-18-13(10)11(15(17)5-6-15)9-3-1-8-19-14(9)12/h17H,1-8H2. The van der Waals surface area contributed by atoms with Gasteiger partial charge in [0.1, 0.15) is 11.5 Å². The van der Waals surface area contributed by atoms with Gasteiger partial charge in [-0.1, -0.05) is 11.6 Å². The summed E-state index contributed by atoms with van der Waals surface area (Å²) >= 11 is 6.50. The van der Waals surface area contributed by atoms with Crippen molar-refractivity contribution in [2.45, 2.75) is 44.1 Å². The first-order valence-corrected chi connectivity index (χ1v) is 7.44. The van der Waals surface area contributed by atoms with E-state index in [2.05, 4.69) is 0 Å². The summed E-state index contributed by atoms with van der Waals surface area (Å²) in [6.07, 6.45) is 5.42. The number of fused-ring (bicyclic) bond motifs is 2. The first-order chi connectivity index (χ1) is 9.21. The lowest BCUT2D eigenvalue weighted by molar-refractivity contribution is 0.140. The predicted molar refractivity (Wildman–Crippen MR) is 72.2 cm³/mol. The van der Waals surface area contributed by atoms with E-state index >= 15 is 0 Å². The first-order valence-electron chi connectivity index (χ1n) is 7.06. The summed E-state index contributed by atoms with van der Waals surface area (Å²) in [6.45, 7) is 1.43. The van der Waals surface area contributed by atoms with Gasteiger partial charge in [-0.2, -0.15) is 0 Å². The molecule has 2 heterocycles. The van der Waals surface area contributed by atoms with Crippen LogP contribution in [-0.2, 0) is 18.4 Å². The van der Waals surface area contributed by atoms with Crippen molar-refractivity contribution < 1.29 is 14.6 Å². The van der Waals surface area contributed by atoms with Crippen molar-refractivity contribution >= 4 is 11.6 Å². The molecule has 1 aromatic carbocycles. The van der Waals surface area contributed by atoms with E-state index in [9.17, 15) is 5.11 Å². The van der Waals surface area contributed by atoms with Crippen molar-refractivity contribution in [3.05, 3.63) is 21.7 Å². The van der Waals surface area contributed by atoms with Gasteiger partial charge in [-0.05, 0) is 38.5 Å². The second-order valence-electron chi connectivity index (χ2n) is 5.74. The SMILES string of the molecule is OC1(c2c3c(c(Cl)c4c2OCCC4)OCCC3)CC1. The molecule has 1 fully saturated rings. The van der Waals surface area contributed by atoms with Crippen LogP contribution in [0.2, 0.25) is 5.02 Å². The van der Waals surface area contributed by atoms with E-state index in [4.69, 9.17) is 21.1 Å². The minimum Gasteiger partial charge on any atom is -0.493 e. The van der Waals surface area contributed by atoms with E-state index < -0.39 is 5.60 Å². The average Bonchev–Trinajstić information content (AvgIpc) is 3.18. The molecule has 102 valence electrons. The van der Waals surface area contributed by atoms with Gasteiger partial charge in [0.15, 0.2) is 0 Å². The van der Waals surface area contributed by atoms with Gasteiger partial charge >= 0.3 is 0 Å². The maximum Gasteiger partial charge on any atom is 0.142 e. The quantitative estimate of drug-likeness (QED) is 0.859. The average molecular weight is 281 g/mol. The molecule has 0 unspecified atom stereocenters. The van der Waals surface area contributed by atoms with Crippen LogP contribution in [0.4, 0.5) is 0 Å². The Hall–Kier alpha value is -0.930. The van der Waals surface area contributed by atoms with Gasteiger partial charge in [0.2, 0.25) is 0 Å². The Morgan fingerprint density at radius 1 is 0.947 bits per heavy atom. The summed E-state index contributed by atoms with van der Waals surface area (Å²) < 4.78 is 11.7. The normalized spacial score (nSPS) is 22.8. The number of halogens is 1. The smallest absolute Gasteiger partial charge is 0.142 e. The van der Waals surface area contributed by atoms with Crippen molar-refractivity contribution in [1.29, 1.82) is 0 Å². The van der Waals surface area contributed by atoms with E-state index in [1.54, 1.807) is 0 Å². The van der Waals surface area contributed by atoms with Crippen LogP contribution < -0.4 is 9.47 Å². The third-order valence-electron chi connectivity index (χ3n) is 4.37. The molecule has 1 saturated carbocycles. The molecule has 0 bridgehead atoms. The van der Waals surface area contributed by atoms with Crippen LogP contribution >= 0.6 is 11.6 Å². The summed E-state index contributed by atoms with van der Waals surface area (Å²) in [7, 11) is 0. The van der Waals surface area contributed by atoms with Gasteiger partial charge in [-0.15, -0.1) is 0 Å². The number of rotatable bonds is 1. The lowest BCUT2D eigenvalue weighted by Gasteiger charge is -2.30. The maximum atomic E-state index is 10.6. The zero-order valence-corrected chi connectivity index (χ0v) is 11.6. The molecule has 19 heavy (non-hydrogen) atoms. The Morgan fingerprint density at radius 2 is 1.58 bits per heavy atom. The molecule has 0 atom stereocenters. The number of hydrogen-bond acceptors (Lipinski definition) is 3. The van der Waals surface area contributed by atoms with E-state index in [1.165, 1.54) is 0 Å². The molecule has 2 aliphatic heterocycles. The Morgan fingerprint density at radius 3 is 2.26 bits per heavy atom. The van der Waals surface area contributed by atoms with Crippen LogP contribution in [0.25, 0.3) is 0 Å². The van der Waals surface area contributed by atoms with Gasteiger partial charge < -0.3 is 14.6 Å². The van der Waals surface area contributed by atoms with Crippen LogP contribution in [0.3, 0.4) is 0 Å². The van der Waals surface area contributed by atoms with Crippen LogP contribution in [0.1, 0.15) is 42.4 Å². The van der Waals surface area contributed by atoms with Crippen LogP contribution in [0, 0.1) is 0 Å². The Kier molecular flexibility index (Phi) is 2.52. The molecule has 0 saturated heterocycles. The predicted octanol–water partition coefficient (Wildman–Crippen LogP) is 2.97. The second-order valence-corrected chi connectivity index (χ2v) is 6.12. The summed E-state index contributed by atoms with van der Waals surface area (Å²) in [5.41, 5.74) is 2.39. The molecule has 1 aromatic rings. The van der Waals surface area contributed by atoms with Gasteiger partial charge in [0.25, 0.3) is 0 Å². The first kappa shape index (κ1) is 11.9. The highest BCUT2D eigenvalue weighted by Gasteiger charge is 2.48. The molecule has 0 aromatic heterocycles. The molecule has 1 aliphatic carbocycles. The van der Waals surface area contributed by atoms with Crippen LogP contribution in [-0.4, -0.2) is 18.3 Å². The molecule has 0 amide bonds. The molecular formula is C15H17ClO3. The van der Waals surface area contributed by atoms with Crippen LogP contribution in [0.5, 0.6) is 11.5 Å². The van der Waals surface area contributed by atoms with Gasteiger partial charge in [0.05, 0.1) is 23.8 Å². The van der Waals surface area contributed by atoms with E-state index in [0.717, 1.165) is 66.7 Å². The zero-order valence-electron chi connectivity index (χ0n) is 10.8. The summed E-state index contributed by atoms with van der Waals surface area (Å²) in [5.74, 6) is 1.65. The molecule has 3 aliphatic rings. The topological polar surface area (TPSA) is 38.7 Å². The molecule has 0 spiro atoms. The van der Waals surface area contributed by atoms with Crippen LogP contribution in [0.15, 0.2) is 0 Å². The van der Waals surface area contributed by atoms with Crippen molar-refractivity contribution in [1.82, 2.24) is 0 Å². The lowest BCUT2D eigenvalue weighted by Crippen LogP contribution is -2.21. The van der Waals surface area contributed by atoms with E-state index in [0.29, 0.717) is 18.2 Å². The number of hydrogen-bond donors (Lipinski definition) is 1. The van der Waals surface area contributed by atoms with Crippen molar-refractivity contribution in [2.24, 2.45) is 0 Å². The minimum absolute atomic E-state index is 0.698. The molecule has 0 radical (unpaired) electrons. The largest absolute Gasteiger partial charge is 0.493 e.